The number of rotatable bonds is 1. The summed E-state index contributed by atoms with van der Waals surface area (Å²) in [7, 11) is 1.81. The largest absolute Gasteiger partial charge is 0.368 e. The minimum absolute atomic E-state index is 0.136. The van der Waals surface area contributed by atoms with E-state index < -0.39 is 6.04 Å². The number of anilines is 2. The summed E-state index contributed by atoms with van der Waals surface area (Å²) < 4.78 is 1.66. The Morgan fingerprint density at radius 2 is 2.28 bits per heavy atom. The van der Waals surface area contributed by atoms with Gasteiger partial charge in [-0.2, -0.15) is 5.10 Å². The van der Waals surface area contributed by atoms with Gasteiger partial charge in [0.1, 0.15) is 6.04 Å². The minimum atomic E-state index is -0.440. The van der Waals surface area contributed by atoms with E-state index in [9.17, 15) is 4.79 Å². The van der Waals surface area contributed by atoms with Gasteiger partial charge in [-0.1, -0.05) is 17.7 Å². The molecule has 0 aliphatic carbocycles. The molecule has 1 aromatic heterocycles. The molecule has 92 valence electrons. The molecule has 1 aliphatic heterocycles. The molecule has 1 aromatic carbocycles. The number of carbonyl (C=O) groups excluding carboxylic acids is 1. The van der Waals surface area contributed by atoms with Crippen molar-refractivity contribution < 1.29 is 4.79 Å². The van der Waals surface area contributed by atoms with Crippen LogP contribution >= 0.6 is 11.6 Å². The van der Waals surface area contributed by atoms with Crippen LogP contribution in [-0.4, -0.2) is 15.7 Å². The van der Waals surface area contributed by atoms with Crippen LogP contribution in [-0.2, 0) is 11.8 Å². The minimum Gasteiger partial charge on any atom is -0.368 e. The van der Waals surface area contributed by atoms with Crippen molar-refractivity contribution in [1.29, 1.82) is 0 Å². The Kier molecular flexibility index (Phi) is 2.48. The maximum atomic E-state index is 12.0. The van der Waals surface area contributed by atoms with Gasteiger partial charge < -0.3 is 10.6 Å². The summed E-state index contributed by atoms with van der Waals surface area (Å²) in [5.74, 6) is -0.136. The first-order valence-electron chi connectivity index (χ1n) is 5.49. The van der Waals surface area contributed by atoms with E-state index in [0.717, 1.165) is 11.3 Å². The molecule has 1 atom stereocenters. The topological polar surface area (TPSA) is 59.0 Å². The Labute approximate surface area is 109 Å². The first-order chi connectivity index (χ1) is 8.65. The number of halogens is 1. The summed E-state index contributed by atoms with van der Waals surface area (Å²) in [6.45, 7) is 0. The van der Waals surface area contributed by atoms with Crippen LogP contribution < -0.4 is 10.6 Å². The number of hydrogen-bond donors (Lipinski definition) is 2. The van der Waals surface area contributed by atoms with Crippen LogP contribution in [0.2, 0.25) is 5.02 Å². The van der Waals surface area contributed by atoms with Crippen LogP contribution in [0.5, 0.6) is 0 Å². The van der Waals surface area contributed by atoms with Crippen LogP contribution in [0, 0.1) is 0 Å². The molecular weight excluding hydrogens is 252 g/mol. The third-order valence-corrected chi connectivity index (χ3v) is 3.20. The fraction of sp³-hybridized carbons (Fsp3) is 0.167. The van der Waals surface area contributed by atoms with Gasteiger partial charge in [-0.15, -0.1) is 0 Å². The van der Waals surface area contributed by atoms with Crippen LogP contribution in [0.1, 0.15) is 11.6 Å². The number of carbonyl (C=O) groups is 1. The van der Waals surface area contributed by atoms with Crippen molar-refractivity contribution in [2.24, 2.45) is 7.05 Å². The van der Waals surface area contributed by atoms with Gasteiger partial charge in [-0.05, 0) is 12.1 Å². The Morgan fingerprint density at radius 3 is 3.00 bits per heavy atom. The average molecular weight is 263 g/mol. The zero-order valence-electron chi connectivity index (χ0n) is 9.64. The highest BCUT2D eigenvalue weighted by Crippen LogP contribution is 2.36. The zero-order valence-corrected chi connectivity index (χ0v) is 10.4. The van der Waals surface area contributed by atoms with E-state index in [-0.39, 0.29) is 5.91 Å². The molecule has 3 rings (SSSR count). The summed E-state index contributed by atoms with van der Waals surface area (Å²) in [6, 6.07) is 5.02. The molecule has 6 heteroatoms. The van der Waals surface area contributed by atoms with E-state index in [1.165, 1.54) is 0 Å². The van der Waals surface area contributed by atoms with Gasteiger partial charge in [0.25, 0.3) is 5.91 Å². The monoisotopic (exact) mass is 262 g/mol. The number of aromatic nitrogens is 2. The standard InChI is InChI=1S/C12H11ClN4O/c1-17-6-7(5-14-17)10-12(18)16-11-8(13)3-2-4-9(11)15-10/h2-6,10,15H,1H3,(H,16,18). The molecule has 1 unspecified atom stereocenters. The Hall–Kier alpha value is -2.01. The van der Waals surface area contributed by atoms with Gasteiger partial charge >= 0.3 is 0 Å². The number of nitrogens with zero attached hydrogens (tertiary/aromatic N) is 2. The molecule has 0 saturated carbocycles. The highest BCUT2D eigenvalue weighted by molar-refractivity contribution is 6.35. The summed E-state index contributed by atoms with van der Waals surface area (Å²) in [4.78, 5) is 12.0. The summed E-state index contributed by atoms with van der Waals surface area (Å²) in [6.07, 6.45) is 3.49. The molecule has 0 fully saturated rings. The molecule has 2 aromatic rings. The van der Waals surface area contributed by atoms with Gasteiger partial charge in [0.2, 0.25) is 0 Å². The van der Waals surface area contributed by atoms with Crippen molar-refractivity contribution in [2.75, 3.05) is 10.6 Å². The molecule has 0 bridgehead atoms. The fourth-order valence-corrected chi connectivity index (χ4v) is 2.23. The van der Waals surface area contributed by atoms with Crippen molar-refractivity contribution in [2.45, 2.75) is 6.04 Å². The second-order valence-electron chi connectivity index (χ2n) is 4.18. The first kappa shape index (κ1) is 11.1. The molecular formula is C12H11ClN4O. The lowest BCUT2D eigenvalue weighted by Gasteiger charge is -2.26. The van der Waals surface area contributed by atoms with Crippen LogP contribution in [0.25, 0.3) is 0 Å². The third-order valence-electron chi connectivity index (χ3n) is 2.88. The van der Waals surface area contributed by atoms with Crippen molar-refractivity contribution in [3.8, 4) is 0 Å². The Balaban J connectivity index is 2.00. The molecule has 0 saturated heterocycles. The molecule has 18 heavy (non-hydrogen) atoms. The molecule has 0 spiro atoms. The quantitative estimate of drug-likeness (QED) is 0.828. The highest BCUT2D eigenvalue weighted by atomic mass is 35.5. The molecule has 1 amide bonds. The SMILES string of the molecule is Cn1cc(C2Nc3cccc(Cl)c3NC2=O)cn1. The second-order valence-corrected chi connectivity index (χ2v) is 4.58. The van der Waals surface area contributed by atoms with Crippen LogP contribution in [0.3, 0.4) is 0 Å². The zero-order chi connectivity index (χ0) is 12.7. The summed E-state index contributed by atoms with van der Waals surface area (Å²) in [5, 5.41) is 10.6. The van der Waals surface area contributed by atoms with E-state index in [4.69, 9.17) is 11.6 Å². The number of fused-ring (bicyclic) bond motifs is 1. The van der Waals surface area contributed by atoms with E-state index in [1.54, 1.807) is 16.9 Å². The Bertz CT molecular complexity index is 622. The number of aryl methyl sites for hydroxylation is 1. The number of benzene rings is 1. The number of hydrogen-bond acceptors (Lipinski definition) is 3. The van der Waals surface area contributed by atoms with Gasteiger partial charge in [0.05, 0.1) is 22.6 Å². The van der Waals surface area contributed by atoms with Gasteiger partial charge in [-0.25, -0.2) is 0 Å². The molecule has 0 radical (unpaired) electrons. The third kappa shape index (κ3) is 1.73. The number of para-hydroxylation sites is 1. The molecule has 5 nitrogen and oxygen atoms in total. The maximum absolute atomic E-state index is 12.0. The van der Waals surface area contributed by atoms with Crippen LogP contribution in [0.4, 0.5) is 11.4 Å². The van der Waals surface area contributed by atoms with E-state index in [1.807, 2.05) is 25.4 Å². The number of amides is 1. The van der Waals surface area contributed by atoms with Crippen molar-refractivity contribution in [3.05, 3.63) is 41.2 Å². The van der Waals surface area contributed by atoms with E-state index >= 15 is 0 Å². The molecule has 2 N–H and O–H groups in total. The average Bonchev–Trinajstić information content (AvgIpc) is 2.76. The van der Waals surface area contributed by atoms with Gasteiger partial charge in [-0.3, -0.25) is 9.48 Å². The predicted molar refractivity (Wildman–Crippen MR) is 69.7 cm³/mol. The Morgan fingerprint density at radius 1 is 1.44 bits per heavy atom. The van der Waals surface area contributed by atoms with Crippen LogP contribution in [0.15, 0.2) is 30.6 Å². The molecule has 2 heterocycles. The first-order valence-corrected chi connectivity index (χ1v) is 5.87. The predicted octanol–water partition coefficient (Wildman–Crippen LogP) is 2.18. The lowest BCUT2D eigenvalue weighted by molar-refractivity contribution is -0.117. The van der Waals surface area contributed by atoms with Gasteiger partial charge in [0.15, 0.2) is 0 Å². The normalized spacial score (nSPS) is 17.9. The van der Waals surface area contributed by atoms with E-state index in [2.05, 4.69) is 15.7 Å². The van der Waals surface area contributed by atoms with Gasteiger partial charge in [0, 0.05) is 18.8 Å². The smallest absolute Gasteiger partial charge is 0.251 e. The summed E-state index contributed by atoms with van der Waals surface area (Å²) in [5.41, 5.74) is 2.26. The van der Waals surface area contributed by atoms with Crippen molar-refractivity contribution in [3.63, 3.8) is 0 Å². The fourth-order valence-electron chi connectivity index (χ4n) is 2.01. The second kappa shape index (κ2) is 4.03. The highest BCUT2D eigenvalue weighted by Gasteiger charge is 2.28. The van der Waals surface area contributed by atoms with Crippen molar-refractivity contribution >= 4 is 28.9 Å². The van der Waals surface area contributed by atoms with Crippen molar-refractivity contribution in [1.82, 2.24) is 9.78 Å². The summed E-state index contributed by atoms with van der Waals surface area (Å²) >= 11 is 6.03. The molecule has 1 aliphatic rings. The lowest BCUT2D eigenvalue weighted by Crippen LogP contribution is -2.31. The van der Waals surface area contributed by atoms with E-state index in [0.29, 0.717) is 10.7 Å². The maximum Gasteiger partial charge on any atom is 0.251 e. The lowest BCUT2D eigenvalue weighted by atomic mass is 10.1. The number of nitrogens with one attached hydrogen (secondary N) is 2.